The van der Waals surface area contributed by atoms with Gasteiger partial charge in [0.2, 0.25) is 5.95 Å². The van der Waals surface area contributed by atoms with Gasteiger partial charge < -0.3 is 9.47 Å². The Hall–Kier alpha value is -1.55. The average molecular weight is 295 g/mol. The molecular weight excluding hydrogens is 272 g/mol. The van der Waals surface area contributed by atoms with Crippen LogP contribution in [0.3, 0.4) is 0 Å². The zero-order valence-corrected chi connectivity index (χ0v) is 13.6. The third-order valence-electron chi connectivity index (χ3n) is 3.25. The lowest BCUT2D eigenvalue weighted by Crippen LogP contribution is -2.15. The second-order valence-electron chi connectivity index (χ2n) is 5.47. The van der Waals surface area contributed by atoms with Crippen LogP contribution in [0.5, 0.6) is 0 Å². The number of nitrogens with zero attached hydrogens (tertiary/aromatic N) is 4. The van der Waals surface area contributed by atoms with Crippen LogP contribution in [0.4, 0.5) is 11.6 Å². The number of hydrogen-bond acceptors (Lipinski definition) is 3. The molecule has 0 saturated heterocycles. The average Bonchev–Trinajstić information content (AvgIpc) is 2.70. The van der Waals surface area contributed by atoms with Crippen LogP contribution in [0, 0.1) is 12.8 Å². The van der Waals surface area contributed by atoms with Crippen molar-refractivity contribution in [2.75, 3.05) is 11.9 Å². The minimum Gasteiger partial charge on any atom is -0.314 e. The van der Waals surface area contributed by atoms with Gasteiger partial charge in [0.25, 0.3) is 0 Å². The number of anilines is 2. The van der Waals surface area contributed by atoms with Crippen molar-refractivity contribution in [3.8, 4) is 0 Å². The maximum Gasteiger partial charge on any atom is 0.231 e. The maximum absolute atomic E-state index is 4.31. The van der Waals surface area contributed by atoms with Crippen molar-refractivity contribution in [3.05, 3.63) is 35.7 Å². The second kappa shape index (κ2) is 6.75. The summed E-state index contributed by atoms with van der Waals surface area (Å²) in [7, 11) is 4.05. The van der Waals surface area contributed by atoms with Crippen molar-refractivity contribution >= 4 is 24.0 Å². The number of aromatic nitrogens is 3. The zero-order chi connectivity index (χ0) is 14.0. The van der Waals surface area contributed by atoms with E-state index in [1.54, 1.807) is 0 Å². The minimum absolute atomic E-state index is 0. The smallest absolute Gasteiger partial charge is 0.231 e. The van der Waals surface area contributed by atoms with Gasteiger partial charge in [0.15, 0.2) is 0 Å². The Morgan fingerprint density at radius 3 is 2.30 bits per heavy atom. The number of rotatable bonds is 4. The van der Waals surface area contributed by atoms with E-state index in [0.717, 1.165) is 23.9 Å². The first-order valence-corrected chi connectivity index (χ1v) is 6.67. The summed E-state index contributed by atoms with van der Waals surface area (Å²) < 4.78 is 2.07. The first kappa shape index (κ1) is 16.5. The van der Waals surface area contributed by atoms with Gasteiger partial charge >= 0.3 is 0 Å². The van der Waals surface area contributed by atoms with Crippen molar-refractivity contribution in [1.29, 1.82) is 0 Å². The fourth-order valence-electron chi connectivity index (χ4n) is 2.07. The molecule has 1 heterocycles. The summed E-state index contributed by atoms with van der Waals surface area (Å²) in [6.45, 7) is 6.48. The maximum atomic E-state index is 4.31. The molecule has 0 saturated carbocycles. The fraction of sp³-hybridized carbons (Fsp3) is 0.467. The van der Waals surface area contributed by atoms with Gasteiger partial charge in [0.05, 0.1) is 0 Å². The lowest BCUT2D eigenvalue weighted by atomic mass is 10.1. The van der Waals surface area contributed by atoms with E-state index in [1.807, 2.05) is 14.1 Å². The van der Waals surface area contributed by atoms with Crippen molar-refractivity contribution in [1.82, 2.24) is 14.8 Å². The summed E-state index contributed by atoms with van der Waals surface area (Å²) >= 11 is 0. The molecule has 2 aromatic rings. The molecule has 4 nitrogen and oxygen atoms in total. The molecule has 1 aromatic heterocycles. The van der Waals surface area contributed by atoms with Crippen LogP contribution in [0.15, 0.2) is 24.3 Å². The molecule has 0 spiro atoms. The highest BCUT2D eigenvalue weighted by Gasteiger charge is 2.14. The molecule has 5 heteroatoms. The van der Waals surface area contributed by atoms with Crippen molar-refractivity contribution in [3.63, 3.8) is 0 Å². The van der Waals surface area contributed by atoms with Gasteiger partial charge in [-0.2, -0.15) is 0 Å². The van der Waals surface area contributed by atoms with Gasteiger partial charge in [-0.1, -0.05) is 31.5 Å². The lowest BCUT2D eigenvalue weighted by molar-refractivity contribution is 0.601. The van der Waals surface area contributed by atoms with Crippen LogP contribution in [0.2, 0.25) is 0 Å². The van der Waals surface area contributed by atoms with E-state index in [4.69, 9.17) is 0 Å². The summed E-state index contributed by atoms with van der Waals surface area (Å²) in [6.07, 6.45) is 0.950. The zero-order valence-electron chi connectivity index (χ0n) is 12.8. The normalized spacial score (nSPS) is 10.5. The molecule has 110 valence electrons. The Morgan fingerprint density at radius 2 is 1.75 bits per heavy atom. The van der Waals surface area contributed by atoms with E-state index in [2.05, 4.69) is 64.7 Å². The second-order valence-corrected chi connectivity index (χ2v) is 5.47. The molecule has 0 unspecified atom stereocenters. The topological polar surface area (TPSA) is 34.0 Å². The Kier molecular flexibility index (Phi) is 5.57. The SMILES string of the molecule is Cc1ccc(N(C)c2nnc(CC(C)C)n2C)cc1.Cl. The van der Waals surface area contributed by atoms with E-state index in [-0.39, 0.29) is 12.4 Å². The van der Waals surface area contributed by atoms with Gasteiger partial charge in [0.1, 0.15) is 5.82 Å². The van der Waals surface area contributed by atoms with Crippen molar-refractivity contribution < 1.29 is 0 Å². The van der Waals surface area contributed by atoms with Gasteiger partial charge in [0, 0.05) is 26.2 Å². The minimum atomic E-state index is 0. The van der Waals surface area contributed by atoms with E-state index >= 15 is 0 Å². The molecule has 0 fully saturated rings. The summed E-state index contributed by atoms with van der Waals surface area (Å²) in [5.74, 6) is 2.49. The van der Waals surface area contributed by atoms with Crippen LogP contribution in [-0.4, -0.2) is 21.8 Å². The van der Waals surface area contributed by atoms with Gasteiger partial charge in [-0.3, -0.25) is 0 Å². The summed E-state index contributed by atoms with van der Waals surface area (Å²) in [6, 6.07) is 8.42. The molecule has 2 rings (SSSR count). The molecule has 0 N–H and O–H groups in total. The first-order valence-electron chi connectivity index (χ1n) is 6.67. The molecular formula is C15H23ClN4. The van der Waals surface area contributed by atoms with Crippen molar-refractivity contribution in [2.45, 2.75) is 27.2 Å². The number of hydrogen-bond donors (Lipinski definition) is 0. The quantitative estimate of drug-likeness (QED) is 0.865. The lowest BCUT2D eigenvalue weighted by Gasteiger charge is -2.18. The van der Waals surface area contributed by atoms with E-state index in [0.29, 0.717) is 5.92 Å². The van der Waals surface area contributed by atoms with Crippen LogP contribution in [0.1, 0.15) is 25.2 Å². The molecule has 0 aliphatic heterocycles. The molecule has 0 amide bonds. The van der Waals surface area contributed by atoms with Gasteiger partial charge in [-0.25, -0.2) is 0 Å². The van der Waals surface area contributed by atoms with Crippen LogP contribution in [-0.2, 0) is 13.5 Å². The Bertz CT molecular complexity index is 546. The highest BCUT2D eigenvalue weighted by molar-refractivity contribution is 5.85. The predicted molar refractivity (Wildman–Crippen MR) is 86.0 cm³/mol. The van der Waals surface area contributed by atoms with Crippen LogP contribution >= 0.6 is 12.4 Å². The Labute approximate surface area is 127 Å². The van der Waals surface area contributed by atoms with Gasteiger partial charge in [-0.05, 0) is 25.0 Å². The highest BCUT2D eigenvalue weighted by Crippen LogP contribution is 2.22. The molecule has 1 aromatic carbocycles. The van der Waals surface area contributed by atoms with Crippen LogP contribution in [0.25, 0.3) is 0 Å². The third-order valence-corrected chi connectivity index (χ3v) is 3.25. The first-order chi connectivity index (χ1) is 8.99. The van der Waals surface area contributed by atoms with Crippen molar-refractivity contribution in [2.24, 2.45) is 13.0 Å². The number of aryl methyl sites for hydroxylation is 1. The van der Waals surface area contributed by atoms with E-state index < -0.39 is 0 Å². The summed E-state index contributed by atoms with van der Waals surface area (Å²) in [4.78, 5) is 2.07. The molecule has 0 aliphatic rings. The van der Waals surface area contributed by atoms with E-state index in [9.17, 15) is 0 Å². The molecule has 0 aliphatic carbocycles. The highest BCUT2D eigenvalue weighted by atomic mass is 35.5. The summed E-state index contributed by atoms with van der Waals surface area (Å²) in [5.41, 5.74) is 2.38. The monoisotopic (exact) mass is 294 g/mol. The van der Waals surface area contributed by atoms with Gasteiger partial charge in [-0.15, -0.1) is 22.6 Å². The predicted octanol–water partition coefficient (Wildman–Crippen LogP) is 3.51. The fourth-order valence-corrected chi connectivity index (χ4v) is 2.07. The molecule has 0 radical (unpaired) electrons. The van der Waals surface area contributed by atoms with Crippen LogP contribution < -0.4 is 4.90 Å². The third kappa shape index (κ3) is 3.51. The Balaban J connectivity index is 0.00000200. The number of halogens is 1. The molecule has 0 atom stereocenters. The largest absolute Gasteiger partial charge is 0.314 e. The molecule has 0 bridgehead atoms. The molecule has 20 heavy (non-hydrogen) atoms. The summed E-state index contributed by atoms with van der Waals surface area (Å²) in [5, 5.41) is 8.60. The standard InChI is InChI=1S/C15H22N4.ClH/c1-11(2)10-14-16-17-15(19(14)5)18(4)13-8-6-12(3)7-9-13;/h6-9,11H,10H2,1-5H3;1H. The number of benzene rings is 1. The van der Waals surface area contributed by atoms with E-state index in [1.165, 1.54) is 5.56 Å². The Morgan fingerprint density at radius 1 is 1.15 bits per heavy atom.